The molecule has 0 radical (unpaired) electrons. The lowest BCUT2D eigenvalue weighted by Crippen LogP contribution is -2.43. The van der Waals surface area contributed by atoms with Crippen LogP contribution in [0.15, 0.2) is 57.9 Å². The smallest absolute Gasteiger partial charge is 0.274 e. The number of phenolic OH excluding ortho intramolecular Hbond substituents is 1. The zero-order valence-corrected chi connectivity index (χ0v) is 16.6. The van der Waals surface area contributed by atoms with Crippen molar-refractivity contribution in [3.8, 4) is 5.75 Å². The van der Waals surface area contributed by atoms with Crippen LogP contribution in [0.5, 0.6) is 5.75 Å². The second-order valence-corrected chi connectivity index (χ2v) is 7.89. The third-order valence-electron chi connectivity index (χ3n) is 4.99. The largest absolute Gasteiger partial charge is 0.508 e. The maximum atomic E-state index is 12.6. The summed E-state index contributed by atoms with van der Waals surface area (Å²) in [7, 11) is 2.08. The topological polar surface area (TPSA) is 69.9 Å². The summed E-state index contributed by atoms with van der Waals surface area (Å²) in [5, 5.41) is 13.2. The van der Waals surface area contributed by atoms with Crippen molar-refractivity contribution in [1.82, 2.24) is 14.3 Å². The SMILES string of the molecule is CN1C[C@H](Nc2nc3ccccn3c(=O)c2Br)C[C@H](c2cccc(O)c2)C1. The van der Waals surface area contributed by atoms with Crippen LogP contribution < -0.4 is 10.9 Å². The van der Waals surface area contributed by atoms with E-state index in [1.54, 1.807) is 12.3 Å². The molecule has 7 heteroatoms. The van der Waals surface area contributed by atoms with Crippen molar-refractivity contribution < 1.29 is 5.11 Å². The summed E-state index contributed by atoms with van der Waals surface area (Å²) in [6.45, 7) is 1.79. The molecule has 4 rings (SSSR count). The number of likely N-dealkylation sites (N-methyl/N-ethyl adjacent to an activating group) is 1. The molecule has 27 heavy (non-hydrogen) atoms. The Morgan fingerprint density at radius 1 is 1.22 bits per heavy atom. The highest BCUT2D eigenvalue weighted by atomic mass is 79.9. The Kier molecular flexibility index (Phi) is 4.88. The number of phenols is 1. The van der Waals surface area contributed by atoms with Crippen molar-refractivity contribution in [3.63, 3.8) is 0 Å². The van der Waals surface area contributed by atoms with Crippen molar-refractivity contribution in [2.24, 2.45) is 0 Å². The molecule has 1 aliphatic rings. The molecule has 1 fully saturated rings. The average Bonchev–Trinajstić information content (AvgIpc) is 2.65. The molecule has 0 spiro atoms. The van der Waals surface area contributed by atoms with Gasteiger partial charge in [0.15, 0.2) is 0 Å². The lowest BCUT2D eigenvalue weighted by atomic mass is 9.88. The second kappa shape index (κ2) is 7.32. The molecule has 1 saturated heterocycles. The first-order chi connectivity index (χ1) is 13.0. The van der Waals surface area contributed by atoms with Crippen LogP contribution in [0.25, 0.3) is 5.65 Å². The Bertz CT molecular complexity index is 1040. The van der Waals surface area contributed by atoms with E-state index in [4.69, 9.17) is 0 Å². The maximum absolute atomic E-state index is 12.6. The molecular weight excluding hydrogens is 408 g/mol. The number of pyridine rings is 1. The number of benzene rings is 1. The number of anilines is 1. The lowest BCUT2D eigenvalue weighted by Gasteiger charge is -2.36. The van der Waals surface area contributed by atoms with Gasteiger partial charge in [0.2, 0.25) is 0 Å². The number of rotatable bonds is 3. The number of nitrogens with one attached hydrogen (secondary N) is 1. The van der Waals surface area contributed by atoms with E-state index in [1.165, 1.54) is 4.40 Å². The number of nitrogens with zero attached hydrogens (tertiary/aromatic N) is 3. The van der Waals surface area contributed by atoms with Crippen LogP contribution in [0.2, 0.25) is 0 Å². The van der Waals surface area contributed by atoms with Crippen LogP contribution in [-0.4, -0.2) is 45.6 Å². The van der Waals surface area contributed by atoms with E-state index in [2.05, 4.69) is 44.2 Å². The molecule has 1 aromatic carbocycles. The molecule has 3 aromatic rings. The molecule has 3 heterocycles. The summed E-state index contributed by atoms with van der Waals surface area (Å²) in [5.41, 5.74) is 1.61. The molecule has 0 bridgehead atoms. The number of halogens is 1. The van der Waals surface area contributed by atoms with Crippen LogP contribution in [0.1, 0.15) is 17.9 Å². The monoisotopic (exact) mass is 428 g/mol. The minimum atomic E-state index is -0.128. The third kappa shape index (κ3) is 3.70. The van der Waals surface area contributed by atoms with Gasteiger partial charge in [0.1, 0.15) is 21.7 Å². The fraction of sp³-hybridized carbons (Fsp3) is 0.300. The van der Waals surface area contributed by atoms with E-state index in [0.29, 0.717) is 21.9 Å². The van der Waals surface area contributed by atoms with Gasteiger partial charge in [0.25, 0.3) is 5.56 Å². The predicted molar refractivity (Wildman–Crippen MR) is 110 cm³/mol. The summed E-state index contributed by atoms with van der Waals surface area (Å²) in [4.78, 5) is 19.5. The van der Waals surface area contributed by atoms with Crippen LogP contribution in [0, 0.1) is 0 Å². The van der Waals surface area contributed by atoms with Gasteiger partial charge < -0.3 is 15.3 Å². The molecule has 1 aliphatic heterocycles. The molecule has 140 valence electrons. The summed E-state index contributed by atoms with van der Waals surface area (Å²) in [6.07, 6.45) is 2.61. The Hall–Kier alpha value is -2.38. The van der Waals surface area contributed by atoms with Gasteiger partial charge in [-0.15, -0.1) is 0 Å². The van der Waals surface area contributed by atoms with E-state index in [0.717, 1.165) is 25.1 Å². The fourth-order valence-electron chi connectivity index (χ4n) is 3.80. The number of likely N-dealkylation sites (tertiary alicyclic amines) is 1. The van der Waals surface area contributed by atoms with Crippen molar-refractivity contribution in [2.75, 3.05) is 25.5 Å². The highest BCUT2D eigenvalue weighted by Gasteiger charge is 2.27. The number of fused-ring (bicyclic) bond motifs is 1. The molecule has 0 saturated carbocycles. The average molecular weight is 429 g/mol. The molecule has 2 atom stereocenters. The Morgan fingerprint density at radius 2 is 2.07 bits per heavy atom. The number of piperidine rings is 1. The highest BCUT2D eigenvalue weighted by molar-refractivity contribution is 9.10. The number of hydrogen-bond donors (Lipinski definition) is 2. The number of aromatic nitrogens is 2. The van der Waals surface area contributed by atoms with E-state index in [-0.39, 0.29) is 17.4 Å². The normalized spacial score (nSPS) is 20.7. The van der Waals surface area contributed by atoms with E-state index < -0.39 is 0 Å². The van der Waals surface area contributed by atoms with Crippen molar-refractivity contribution in [1.29, 1.82) is 0 Å². The summed E-state index contributed by atoms with van der Waals surface area (Å²) < 4.78 is 1.96. The molecule has 2 N–H and O–H groups in total. The summed E-state index contributed by atoms with van der Waals surface area (Å²) in [5.74, 6) is 1.16. The zero-order chi connectivity index (χ0) is 19.0. The summed E-state index contributed by atoms with van der Waals surface area (Å²) in [6, 6.07) is 13.1. The molecule has 0 unspecified atom stereocenters. The molecular formula is C20H21BrN4O2. The van der Waals surface area contributed by atoms with Crippen molar-refractivity contribution >= 4 is 27.4 Å². The highest BCUT2D eigenvalue weighted by Crippen LogP contribution is 2.30. The molecule has 0 amide bonds. The Morgan fingerprint density at radius 3 is 2.89 bits per heavy atom. The van der Waals surface area contributed by atoms with Crippen LogP contribution in [-0.2, 0) is 0 Å². The fourth-order valence-corrected chi connectivity index (χ4v) is 4.20. The molecule has 6 nitrogen and oxygen atoms in total. The minimum Gasteiger partial charge on any atom is -0.508 e. The van der Waals surface area contributed by atoms with E-state index in [9.17, 15) is 9.90 Å². The zero-order valence-electron chi connectivity index (χ0n) is 15.0. The standard InChI is InChI=1S/C20H21BrN4O2/c1-24-11-14(13-5-4-6-16(26)10-13)9-15(12-24)22-19-18(21)20(27)25-8-3-2-7-17(25)23-19/h2-8,10,14-15,22,26H,9,11-12H2,1H3/t14-,15+/m0/s1. The van der Waals surface area contributed by atoms with Crippen molar-refractivity contribution in [3.05, 3.63) is 69.1 Å². The first-order valence-corrected chi connectivity index (χ1v) is 9.71. The van der Waals surface area contributed by atoms with Gasteiger partial charge in [0, 0.05) is 25.3 Å². The maximum Gasteiger partial charge on any atom is 0.274 e. The quantitative estimate of drug-likeness (QED) is 0.670. The Balaban J connectivity index is 1.61. The number of aromatic hydroxyl groups is 1. The van der Waals surface area contributed by atoms with Gasteiger partial charge in [-0.25, -0.2) is 4.98 Å². The first kappa shape index (κ1) is 18.0. The van der Waals surface area contributed by atoms with Crippen LogP contribution >= 0.6 is 15.9 Å². The van der Waals surface area contributed by atoms with E-state index in [1.807, 2.05) is 30.3 Å². The summed E-state index contributed by atoms with van der Waals surface area (Å²) >= 11 is 3.41. The van der Waals surface area contributed by atoms with Gasteiger partial charge >= 0.3 is 0 Å². The van der Waals surface area contributed by atoms with Gasteiger partial charge in [-0.05, 0) is 65.1 Å². The van der Waals surface area contributed by atoms with Crippen molar-refractivity contribution in [2.45, 2.75) is 18.4 Å². The number of hydrogen-bond acceptors (Lipinski definition) is 5. The predicted octanol–water partition coefficient (Wildman–Crippen LogP) is 3.06. The molecule has 0 aliphatic carbocycles. The van der Waals surface area contributed by atoms with Gasteiger partial charge in [-0.1, -0.05) is 18.2 Å². The van der Waals surface area contributed by atoms with Gasteiger partial charge in [-0.3, -0.25) is 9.20 Å². The Labute approximate surface area is 165 Å². The minimum absolute atomic E-state index is 0.128. The van der Waals surface area contributed by atoms with Crippen LogP contribution in [0.4, 0.5) is 5.82 Å². The first-order valence-electron chi connectivity index (χ1n) is 8.92. The van der Waals surface area contributed by atoms with Gasteiger partial charge in [-0.2, -0.15) is 0 Å². The van der Waals surface area contributed by atoms with E-state index >= 15 is 0 Å². The molecule has 2 aromatic heterocycles. The van der Waals surface area contributed by atoms with Gasteiger partial charge in [0.05, 0.1) is 0 Å². The second-order valence-electron chi connectivity index (χ2n) is 7.10. The third-order valence-corrected chi connectivity index (χ3v) is 5.71. The van der Waals surface area contributed by atoms with Crippen LogP contribution in [0.3, 0.4) is 0 Å². The lowest BCUT2D eigenvalue weighted by molar-refractivity contribution is 0.235.